The second kappa shape index (κ2) is 5.75. The van der Waals surface area contributed by atoms with Crippen LogP contribution in [-0.4, -0.2) is 30.5 Å². The molecule has 140 valence electrons. The van der Waals surface area contributed by atoms with Crippen LogP contribution in [0.1, 0.15) is 11.1 Å². The smallest absolute Gasteiger partial charge is 0.426 e. The molecule has 0 aliphatic carbocycles. The number of aromatic nitrogens is 1. The molecule has 1 aliphatic heterocycles. The summed E-state index contributed by atoms with van der Waals surface area (Å²) < 4.78 is 52.9. The van der Waals surface area contributed by atoms with E-state index in [2.05, 4.69) is 10.3 Å². The molecule has 0 bridgehead atoms. The van der Waals surface area contributed by atoms with Crippen LogP contribution < -0.4 is 14.8 Å². The molecule has 2 heterocycles. The standard InChI is InChI=1S/C19H15F3N2O3/c1-26-10-7-8-14-12(9-10)18(25,19(20,21)22)15-16(23-14)11-5-3-4-6-13(11)24-17(15)27-2/h3-9,23,25H,1-2H3. The summed E-state index contributed by atoms with van der Waals surface area (Å²) in [6.07, 6.45) is -5.03. The minimum Gasteiger partial charge on any atom is -0.497 e. The van der Waals surface area contributed by atoms with Gasteiger partial charge < -0.3 is 19.9 Å². The third-order valence-corrected chi connectivity index (χ3v) is 4.70. The number of ether oxygens (including phenoxy) is 2. The van der Waals surface area contributed by atoms with Crippen molar-refractivity contribution in [2.45, 2.75) is 11.8 Å². The number of benzene rings is 2. The Morgan fingerprint density at radius 1 is 1.07 bits per heavy atom. The summed E-state index contributed by atoms with van der Waals surface area (Å²) in [7, 11) is 2.56. The normalized spacial score (nSPS) is 18.4. The fraction of sp³-hybridized carbons (Fsp3) is 0.211. The first kappa shape index (κ1) is 17.4. The van der Waals surface area contributed by atoms with Crippen molar-refractivity contribution < 1.29 is 27.8 Å². The zero-order chi connectivity index (χ0) is 19.4. The van der Waals surface area contributed by atoms with E-state index in [1.54, 1.807) is 24.3 Å². The molecule has 3 aromatic rings. The maximum absolute atomic E-state index is 14.2. The predicted octanol–water partition coefficient (Wildman–Crippen LogP) is 4.11. The SMILES string of the molecule is COc1ccc2c(c1)C(O)(C(F)(F)F)c1c(OC)nc3ccccc3c1N2. The Bertz CT molecular complexity index is 1050. The molecule has 27 heavy (non-hydrogen) atoms. The number of fused-ring (bicyclic) bond motifs is 4. The molecule has 2 aromatic carbocycles. The summed E-state index contributed by atoms with van der Waals surface area (Å²) in [6, 6.07) is 10.8. The van der Waals surface area contributed by atoms with E-state index >= 15 is 0 Å². The second-order valence-electron chi connectivity index (χ2n) is 6.13. The number of nitrogens with one attached hydrogen (secondary N) is 1. The van der Waals surface area contributed by atoms with Gasteiger partial charge in [-0.3, -0.25) is 0 Å². The van der Waals surface area contributed by atoms with Gasteiger partial charge in [0.25, 0.3) is 0 Å². The second-order valence-corrected chi connectivity index (χ2v) is 6.13. The number of rotatable bonds is 2. The van der Waals surface area contributed by atoms with Crippen LogP contribution in [0.5, 0.6) is 11.6 Å². The minimum atomic E-state index is -5.03. The molecule has 4 rings (SSSR count). The zero-order valence-electron chi connectivity index (χ0n) is 14.4. The molecule has 0 saturated carbocycles. The number of hydrogen-bond donors (Lipinski definition) is 2. The van der Waals surface area contributed by atoms with E-state index in [1.165, 1.54) is 26.4 Å². The lowest BCUT2D eigenvalue weighted by Crippen LogP contribution is -2.46. The summed E-state index contributed by atoms with van der Waals surface area (Å²) in [5.74, 6) is -0.112. The van der Waals surface area contributed by atoms with Gasteiger partial charge in [-0.25, -0.2) is 4.98 Å². The van der Waals surface area contributed by atoms with Crippen LogP contribution in [-0.2, 0) is 5.60 Å². The molecule has 0 fully saturated rings. The van der Waals surface area contributed by atoms with Crippen molar-refractivity contribution in [1.29, 1.82) is 0 Å². The number of methoxy groups -OCH3 is 2. The van der Waals surface area contributed by atoms with Crippen LogP contribution in [0.2, 0.25) is 0 Å². The van der Waals surface area contributed by atoms with Gasteiger partial charge in [-0.1, -0.05) is 18.2 Å². The van der Waals surface area contributed by atoms with Crippen LogP contribution in [0.4, 0.5) is 24.5 Å². The van der Waals surface area contributed by atoms with Crippen LogP contribution >= 0.6 is 0 Å². The summed E-state index contributed by atoms with van der Waals surface area (Å²) >= 11 is 0. The average molecular weight is 376 g/mol. The quantitative estimate of drug-likeness (QED) is 0.705. The molecule has 1 atom stereocenters. The van der Waals surface area contributed by atoms with Crippen LogP contribution in [0.15, 0.2) is 42.5 Å². The van der Waals surface area contributed by atoms with E-state index in [1.807, 2.05) is 0 Å². The topological polar surface area (TPSA) is 63.6 Å². The molecular weight excluding hydrogens is 361 g/mol. The Hall–Kier alpha value is -3.00. The van der Waals surface area contributed by atoms with Crippen LogP contribution in [0.3, 0.4) is 0 Å². The summed E-state index contributed by atoms with van der Waals surface area (Å²) in [6.45, 7) is 0. The van der Waals surface area contributed by atoms with Crippen LogP contribution in [0, 0.1) is 0 Å². The van der Waals surface area contributed by atoms with Crippen molar-refractivity contribution >= 4 is 22.3 Å². The fourth-order valence-electron chi connectivity index (χ4n) is 3.43. The number of anilines is 2. The molecule has 8 heteroatoms. The third kappa shape index (κ3) is 2.33. The van der Waals surface area contributed by atoms with E-state index in [9.17, 15) is 18.3 Å². The van der Waals surface area contributed by atoms with E-state index in [0.717, 1.165) is 6.07 Å². The number of nitrogens with zero attached hydrogens (tertiary/aromatic N) is 1. The van der Waals surface area contributed by atoms with Gasteiger partial charge in [0.2, 0.25) is 11.5 Å². The molecule has 5 nitrogen and oxygen atoms in total. The Balaban J connectivity index is 2.15. The Labute approximate surface area is 152 Å². The Morgan fingerprint density at radius 3 is 2.48 bits per heavy atom. The van der Waals surface area contributed by atoms with Gasteiger partial charge in [0.15, 0.2) is 0 Å². The predicted molar refractivity (Wildman–Crippen MR) is 93.6 cm³/mol. The number of aliphatic hydroxyl groups is 1. The lowest BCUT2D eigenvalue weighted by molar-refractivity contribution is -0.248. The minimum absolute atomic E-state index is 0.106. The Morgan fingerprint density at radius 2 is 1.81 bits per heavy atom. The van der Waals surface area contributed by atoms with Gasteiger partial charge in [0, 0.05) is 16.6 Å². The molecule has 0 spiro atoms. The highest BCUT2D eigenvalue weighted by Gasteiger charge is 2.61. The average Bonchev–Trinajstić information content (AvgIpc) is 2.66. The lowest BCUT2D eigenvalue weighted by atomic mass is 9.80. The number of pyridine rings is 1. The summed E-state index contributed by atoms with van der Waals surface area (Å²) in [4.78, 5) is 4.18. The third-order valence-electron chi connectivity index (χ3n) is 4.70. The van der Waals surface area contributed by atoms with Gasteiger partial charge in [-0.2, -0.15) is 13.2 Å². The Kier molecular flexibility index (Phi) is 3.71. The van der Waals surface area contributed by atoms with Crippen molar-refractivity contribution in [3.05, 3.63) is 53.6 Å². The first-order valence-electron chi connectivity index (χ1n) is 8.03. The van der Waals surface area contributed by atoms with Gasteiger partial charge in [0.1, 0.15) is 5.75 Å². The monoisotopic (exact) mass is 376 g/mol. The van der Waals surface area contributed by atoms with Crippen molar-refractivity contribution in [2.75, 3.05) is 19.5 Å². The van der Waals surface area contributed by atoms with E-state index in [-0.39, 0.29) is 28.6 Å². The number of alkyl halides is 3. The highest BCUT2D eigenvalue weighted by Crippen LogP contribution is 2.56. The number of para-hydroxylation sites is 1. The van der Waals surface area contributed by atoms with E-state index < -0.39 is 17.3 Å². The lowest BCUT2D eigenvalue weighted by Gasteiger charge is -2.39. The number of halogens is 3. The molecule has 2 N–H and O–H groups in total. The molecule has 1 aromatic heterocycles. The molecule has 1 aliphatic rings. The largest absolute Gasteiger partial charge is 0.497 e. The maximum atomic E-state index is 14.2. The molecular formula is C19H15F3N2O3. The first-order valence-corrected chi connectivity index (χ1v) is 8.03. The van der Waals surface area contributed by atoms with Crippen molar-refractivity contribution in [3.8, 4) is 11.6 Å². The highest BCUT2D eigenvalue weighted by molar-refractivity contribution is 5.98. The summed E-state index contributed by atoms with van der Waals surface area (Å²) in [5, 5.41) is 14.5. The van der Waals surface area contributed by atoms with E-state index in [0.29, 0.717) is 10.9 Å². The van der Waals surface area contributed by atoms with Crippen LogP contribution in [0.25, 0.3) is 10.9 Å². The van der Waals surface area contributed by atoms with Gasteiger partial charge in [-0.15, -0.1) is 0 Å². The van der Waals surface area contributed by atoms with Gasteiger partial charge >= 0.3 is 6.18 Å². The van der Waals surface area contributed by atoms with Crippen molar-refractivity contribution in [3.63, 3.8) is 0 Å². The van der Waals surface area contributed by atoms with Gasteiger partial charge in [-0.05, 0) is 24.3 Å². The van der Waals surface area contributed by atoms with Crippen molar-refractivity contribution in [2.24, 2.45) is 0 Å². The molecule has 0 radical (unpaired) electrons. The van der Waals surface area contributed by atoms with Gasteiger partial charge in [0.05, 0.1) is 31.0 Å². The summed E-state index contributed by atoms with van der Waals surface area (Å²) in [5.41, 5.74) is -3.49. The number of hydrogen-bond acceptors (Lipinski definition) is 5. The maximum Gasteiger partial charge on any atom is 0.426 e. The molecule has 0 saturated heterocycles. The van der Waals surface area contributed by atoms with Crippen molar-refractivity contribution in [1.82, 2.24) is 4.98 Å². The fourth-order valence-corrected chi connectivity index (χ4v) is 3.43. The van der Waals surface area contributed by atoms with E-state index in [4.69, 9.17) is 9.47 Å². The molecule has 1 unspecified atom stereocenters. The highest BCUT2D eigenvalue weighted by atomic mass is 19.4. The zero-order valence-corrected chi connectivity index (χ0v) is 14.4. The first-order chi connectivity index (χ1) is 12.8. The molecule has 0 amide bonds.